The molecular weight excluding hydrogens is 420 g/mol. The number of amides is 2. The van der Waals surface area contributed by atoms with Gasteiger partial charge >= 0.3 is 0 Å². The molecule has 6 nitrogen and oxygen atoms in total. The lowest BCUT2D eigenvalue weighted by Gasteiger charge is -2.07. The number of nitrogen functional groups attached to an aromatic ring is 1. The van der Waals surface area contributed by atoms with Crippen LogP contribution in [-0.4, -0.2) is 24.9 Å². The lowest BCUT2D eigenvalue weighted by atomic mass is 10.1. The highest BCUT2D eigenvalue weighted by molar-refractivity contribution is 7.21. The zero-order valence-corrected chi connectivity index (χ0v) is 18.2. The van der Waals surface area contributed by atoms with Crippen molar-refractivity contribution in [3.8, 4) is 0 Å². The van der Waals surface area contributed by atoms with Crippen LogP contribution in [-0.2, 0) is 11.2 Å². The second kappa shape index (κ2) is 10.1. The van der Waals surface area contributed by atoms with E-state index in [2.05, 4.69) is 28.1 Å². The van der Waals surface area contributed by atoms with Crippen LogP contribution >= 0.6 is 11.3 Å². The SMILES string of the molecule is Nc1ccccc1NC(=O)c1cc2ccc(NC(=O)CNCCc3ccccc3)cc2s1. The van der Waals surface area contributed by atoms with E-state index in [4.69, 9.17) is 5.73 Å². The first-order valence-electron chi connectivity index (χ1n) is 10.3. The lowest BCUT2D eigenvalue weighted by molar-refractivity contribution is -0.115. The maximum Gasteiger partial charge on any atom is 0.265 e. The molecule has 0 fully saturated rings. The first-order valence-corrected chi connectivity index (χ1v) is 11.1. The van der Waals surface area contributed by atoms with Gasteiger partial charge in [0.05, 0.1) is 22.8 Å². The molecule has 0 aliphatic heterocycles. The zero-order chi connectivity index (χ0) is 22.3. The summed E-state index contributed by atoms with van der Waals surface area (Å²) in [7, 11) is 0. The van der Waals surface area contributed by atoms with Crippen LogP contribution in [0.1, 0.15) is 15.2 Å². The van der Waals surface area contributed by atoms with Gasteiger partial charge in [-0.05, 0) is 54.2 Å². The Bertz CT molecular complexity index is 1240. The number of carbonyl (C=O) groups excluding carboxylic acids is 2. The van der Waals surface area contributed by atoms with Gasteiger partial charge in [-0.15, -0.1) is 11.3 Å². The predicted molar refractivity (Wildman–Crippen MR) is 132 cm³/mol. The van der Waals surface area contributed by atoms with Crippen LogP contribution in [0.25, 0.3) is 10.1 Å². The fraction of sp³-hybridized carbons (Fsp3) is 0.120. The first kappa shape index (κ1) is 21.5. The number of thiophene rings is 1. The fourth-order valence-electron chi connectivity index (χ4n) is 3.30. The van der Waals surface area contributed by atoms with E-state index in [-0.39, 0.29) is 18.4 Å². The molecule has 2 amide bonds. The average Bonchev–Trinajstić information content (AvgIpc) is 3.23. The van der Waals surface area contributed by atoms with E-state index in [1.54, 1.807) is 12.1 Å². The largest absolute Gasteiger partial charge is 0.397 e. The molecule has 5 N–H and O–H groups in total. The van der Waals surface area contributed by atoms with E-state index in [9.17, 15) is 9.59 Å². The van der Waals surface area contributed by atoms with Crippen molar-refractivity contribution in [2.45, 2.75) is 6.42 Å². The summed E-state index contributed by atoms with van der Waals surface area (Å²) >= 11 is 1.37. The second-order valence-corrected chi connectivity index (χ2v) is 8.45. The molecule has 0 spiro atoms. The normalized spacial score (nSPS) is 10.8. The molecule has 0 radical (unpaired) electrons. The van der Waals surface area contributed by atoms with Gasteiger partial charge < -0.3 is 21.7 Å². The number of hydrogen-bond donors (Lipinski definition) is 4. The van der Waals surface area contributed by atoms with Crippen LogP contribution < -0.4 is 21.7 Å². The Morgan fingerprint density at radius 3 is 2.47 bits per heavy atom. The summed E-state index contributed by atoms with van der Waals surface area (Å²) in [4.78, 5) is 25.5. The Balaban J connectivity index is 1.32. The Kier molecular flexibility index (Phi) is 6.79. The molecule has 4 rings (SSSR count). The number of nitrogens with two attached hydrogens (primary N) is 1. The molecule has 3 aromatic carbocycles. The van der Waals surface area contributed by atoms with Crippen molar-refractivity contribution in [3.05, 3.63) is 89.3 Å². The minimum atomic E-state index is -0.211. The van der Waals surface area contributed by atoms with Crippen molar-refractivity contribution < 1.29 is 9.59 Å². The number of anilines is 3. The van der Waals surface area contributed by atoms with E-state index >= 15 is 0 Å². The molecule has 0 saturated carbocycles. The highest BCUT2D eigenvalue weighted by atomic mass is 32.1. The van der Waals surface area contributed by atoms with Crippen molar-refractivity contribution in [2.75, 3.05) is 29.5 Å². The standard InChI is InChI=1S/C25H24N4O2S/c26-20-8-4-5-9-21(20)29-25(31)23-14-18-10-11-19(15-22(18)32-23)28-24(30)16-27-13-12-17-6-2-1-3-7-17/h1-11,14-15,27H,12-13,16,26H2,(H,28,30)(H,29,31). The molecule has 7 heteroatoms. The lowest BCUT2D eigenvalue weighted by Crippen LogP contribution is -2.29. The number of rotatable bonds is 8. The Hall–Kier alpha value is -3.68. The second-order valence-electron chi connectivity index (χ2n) is 7.37. The quantitative estimate of drug-likeness (QED) is 0.238. The van der Waals surface area contributed by atoms with Gasteiger partial charge in [0, 0.05) is 10.4 Å². The third-order valence-corrected chi connectivity index (χ3v) is 6.05. The molecule has 1 aromatic heterocycles. The number of benzene rings is 3. The van der Waals surface area contributed by atoms with E-state index < -0.39 is 0 Å². The summed E-state index contributed by atoms with van der Waals surface area (Å²) in [6.45, 7) is 0.966. The molecule has 0 aliphatic carbocycles. The fourth-order valence-corrected chi connectivity index (χ4v) is 4.30. The molecule has 0 saturated heterocycles. The topological polar surface area (TPSA) is 96.2 Å². The minimum absolute atomic E-state index is 0.105. The van der Waals surface area contributed by atoms with E-state index in [1.165, 1.54) is 16.9 Å². The van der Waals surface area contributed by atoms with Gasteiger partial charge in [0.15, 0.2) is 0 Å². The molecule has 0 unspecified atom stereocenters. The monoisotopic (exact) mass is 444 g/mol. The predicted octanol–water partition coefficient (Wildman–Crippen LogP) is 4.51. The van der Waals surface area contributed by atoms with E-state index in [1.807, 2.05) is 54.6 Å². The average molecular weight is 445 g/mol. The number of fused-ring (bicyclic) bond motifs is 1. The number of para-hydroxylation sites is 2. The zero-order valence-electron chi connectivity index (χ0n) is 17.4. The minimum Gasteiger partial charge on any atom is -0.397 e. The summed E-state index contributed by atoms with van der Waals surface area (Å²) in [6.07, 6.45) is 0.870. The van der Waals surface area contributed by atoms with Crippen LogP contribution in [0.3, 0.4) is 0 Å². The molecule has 0 atom stereocenters. The van der Waals surface area contributed by atoms with Crippen LogP contribution in [0.15, 0.2) is 78.9 Å². The molecule has 162 valence electrons. The highest BCUT2D eigenvalue weighted by Crippen LogP contribution is 2.29. The summed E-state index contributed by atoms with van der Waals surface area (Å²) in [5, 5.41) is 9.86. The molecule has 0 bridgehead atoms. The molecule has 4 aromatic rings. The Morgan fingerprint density at radius 2 is 1.66 bits per heavy atom. The van der Waals surface area contributed by atoms with Gasteiger partial charge in [-0.2, -0.15) is 0 Å². The number of hydrogen-bond acceptors (Lipinski definition) is 5. The first-order chi connectivity index (χ1) is 15.6. The third-order valence-electron chi connectivity index (χ3n) is 4.96. The van der Waals surface area contributed by atoms with Crippen LogP contribution in [0.4, 0.5) is 17.1 Å². The van der Waals surface area contributed by atoms with Crippen LogP contribution in [0.5, 0.6) is 0 Å². The highest BCUT2D eigenvalue weighted by Gasteiger charge is 2.12. The van der Waals surface area contributed by atoms with Gasteiger partial charge in [-0.1, -0.05) is 48.5 Å². The van der Waals surface area contributed by atoms with Crippen molar-refractivity contribution in [1.29, 1.82) is 0 Å². The van der Waals surface area contributed by atoms with Gasteiger partial charge in [0.25, 0.3) is 5.91 Å². The summed E-state index contributed by atoms with van der Waals surface area (Å²) in [5.74, 6) is -0.316. The van der Waals surface area contributed by atoms with E-state index in [0.717, 1.165) is 23.1 Å². The smallest absolute Gasteiger partial charge is 0.265 e. The summed E-state index contributed by atoms with van der Waals surface area (Å²) in [5.41, 5.74) is 8.95. The van der Waals surface area contributed by atoms with Crippen molar-refractivity contribution in [3.63, 3.8) is 0 Å². The van der Waals surface area contributed by atoms with Gasteiger partial charge in [-0.3, -0.25) is 9.59 Å². The maximum atomic E-state index is 12.6. The van der Waals surface area contributed by atoms with Crippen LogP contribution in [0.2, 0.25) is 0 Å². The number of carbonyl (C=O) groups is 2. The Labute approximate surface area is 190 Å². The summed E-state index contributed by atoms with van der Waals surface area (Å²) < 4.78 is 0.922. The van der Waals surface area contributed by atoms with Gasteiger partial charge in [0.2, 0.25) is 5.91 Å². The molecule has 0 aliphatic rings. The van der Waals surface area contributed by atoms with Gasteiger partial charge in [-0.25, -0.2) is 0 Å². The van der Waals surface area contributed by atoms with E-state index in [0.29, 0.717) is 21.9 Å². The molecule has 1 heterocycles. The summed E-state index contributed by atoms with van der Waals surface area (Å²) in [6, 6.07) is 24.8. The maximum absolute atomic E-state index is 12.6. The number of nitrogens with one attached hydrogen (secondary N) is 3. The van der Waals surface area contributed by atoms with Crippen molar-refractivity contribution in [1.82, 2.24) is 5.32 Å². The molecule has 32 heavy (non-hydrogen) atoms. The third kappa shape index (κ3) is 5.51. The Morgan fingerprint density at radius 1 is 0.875 bits per heavy atom. The van der Waals surface area contributed by atoms with Crippen molar-refractivity contribution in [2.24, 2.45) is 0 Å². The van der Waals surface area contributed by atoms with Gasteiger partial charge in [0.1, 0.15) is 0 Å². The van der Waals surface area contributed by atoms with Crippen LogP contribution in [0, 0.1) is 0 Å². The molecular formula is C25H24N4O2S. The van der Waals surface area contributed by atoms with Crippen molar-refractivity contribution >= 4 is 50.3 Å².